The molecule has 0 aliphatic carbocycles. The van der Waals surface area contributed by atoms with Gasteiger partial charge < -0.3 is 16.0 Å². The molecule has 0 radical (unpaired) electrons. The molecule has 0 aliphatic heterocycles. The number of aryl methyl sites for hydroxylation is 3. The molecule has 27 heavy (non-hydrogen) atoms. The number of hydrogen-bond donors (Lipinski definition) is 3. The van der Waals surface area contributed by atoms with Crippen LogP contribution in [0, 0.1) is 20.8 Å². The van der Waals surface area contributed by atoms with Gasteiger partial charge in [-0.05, 0) is 56.7 Å². The Balaban J connectivity index is 1.77. The molecule has 0 heterocycles. The number of benzene rings is 2. The third-order valence-corrected chi connectivity index (χ3v) is 4.67. The second-order valence-electron chi connectivity index (χ2n) is 6.35. The summed E-state index contributed by atoms with van der Waals surface area (Å²) in [5.41, 5.74) is 4.10. The van der Waals surface area contributed by atoms with Gasteiger partial charge in [-0.2, -0.15) is 0 Å². The zero-order valence-electron chi connectivity index (χ0n) is 15.5. The first-order valence-electron chi connectivity index (χ1n) is 8.44. The molecule has 0 unspecified atom stereocenters. The molecule has 7 heteroatoms. The fourth-order valence-electron chi connectivity index (χ4n) is 2.54. The molecule has 2 aromatic carbocycles. The van der Waals surface area contributed by atoms with Gasteiger partial charge in [0.2, 0.25) is 11.8 Å². The van der Waals surface area contributed by atoms with Crippen LogP contribution in [0.4, 0.5) is 5.69 Å². The lowest BCUT2D eigenvalue weighted by Crippen LogP contribution is -2.40. The Kier molecular flexibility index (Phi) is 7.12. The van der Waals surface area contributed by atoms with Gasteiger partial charge in [-0.1, -0.05) is 33.1 Å². The number of halogens is 1. The zero-order chi connectivity index (χ0) is 20.0. The van der Waals surface area contributed by atoms with Gasteiger partial charge in [0.25, 0.3) is 5.91 Å². The number of carbonyl (C=O) groups is 3. The lowest BCUT2D eigenvalue weighted by molar-refractivity contribution is -0.123. The molecule has 142 valence electrons. The topological polar surface area (TPSA) is 87.3 Å². The summed E-state index contributed by atoms with van der Waals surface area (Å²) in [5.74, 6) is -1.10. The van der Waals surface area contributed by atoms with E-state index in [0.717, 1.165) is 21.2 Å². The van der Waals surface area contributed by atoms with Crippen molar-refractivity contribution in [1.82, 2.24) is 10.6 Å². The Morgan fingerprint density at radius 2 is 1.48 bits per heavy atom. The maximum Gasteiger partial charge on any atom is 0.251 e. The van der Waals surface area contributed by atoms with Crippen LogP contribution in [-0.2, 0) is 9.59 Å². The summed E-state index contributed by atoms with van der Waals surface area (Å²) in [5, 5.41) is 7.74. The van der Waals surface area contributed by atoms with Crippen molar-refractivity contribution in [2.45, 2.75) is 20.8 Å². The van der Waals surface area contributed by atoms with Crippen LogP contribution in [-0.4, -0.2) is 30.8 Å². The number of anilines is 1. The van der Waals surface area contributed by atoms with E-state index in [1.54, 1.807) is 18.2 Å². The van der Waals surface area contributed by atoms with E-state index >= 15 is 0 Å². The second-order valence-corrected chi connectivity index (χ2v) is 7.20. The molecule has 0 saturated heterocycles. The first kappa shape index (κ1) is 20.6. The van der Waals surface area contributed by atoms with Crippen molar-refractivity contribution < 1.29 is 14.4 Å². The molecule has 0 aliphatic rings. The highest BCUT2D eigenvalue weighted by Crippen LogP contribution is 2.19. The maximum absolute atomic E-state index is 12.1. The largest absolute Gasteiger partial charge is 0.345 e. The van der Waals surface area contributed by atoms with Crippen LogP contribution in [0.5, 0.6) is 0 Å². The van der Waals surface area contributed by atoms with Gasteiger partial charge in [0.15, 0.2) is 0 Å². The summed E-state index contributed by atoms with van der Waals surface area (Å²) >= 11 is 3.39. The normalized spacial score (nSPS) is 10.2. The first-order valence-corrected chi connectivity index (χ1v) is 9.23. The molecule has 6 nitrogen and oxygen atoms in total. The van der Waals surface area contributed by atoms with Crippen molar-refractivity contribution in [3.63, 3.8) is 0 Å². The SMILES string of the molecule is Cc1cc(C)cc(C(=O)NCC(=O)NCC(=O)Nc2ccc(Br)c(C)c2)c1. The highest BCUT2D eigenvalue weighted by molar-refractivity contribution is 9.10. The molecular weight excluding hydrogens is 410 g/mol. The summed E-state index contributed by atoms with van der Waals surface area (Å²) in [6.07, 6.45) is 0. The van der Waals surface area contributed by atoms with Crippen LogP contribution in [0.3, 0.4) is 0 Å². The lowest BCUT2D eigenvalue weighted by atomic mass is 10.1. The fourth-order valence-corrected chi connectivity index (χ4v) is 2.78. The minimum Gasteiger partial charge on any atom is -0.345 e. The van der Waals surface area contributed by atoms with Crippen LogP contribution in [0.1, 0.15) is 27.0 Å². The van der Waals surface area contributed by atoms with Gasteiger partial charge >= 0.3 is 0 Å². The van der Waals surface area contributed by atoms with Gasteiger partial charge in [-0.3, -0.25) is 14.4 Å². The van der Waals surface area contributed by atoms with Crippen molar-refractivity contribution >= 4 is 39.3 Å². The Morgan fingerprint density at radius 3 is 2.11 bits per heavy atom. The Morgan fingerprint density at radius 1 is 0.852 bits per heavy atom. The first-order chi connectivity index (χ1) is 12.7. The van der Waals surface area contributed by atoms with Gasteiger partial charge in [-0.25, -0.2) is 0 Å². The summed E-state index contributed by atoms with van der Waals surface area (Å²) in [6.45, 7) is 5.35. The van der Waals surface area contributed by atoms with Gasteiger partial charge in [-0.15, -0.1) is 0 Å². The average Bonchev–Trinajstić information content (AvgIpc) is 2.60. The standard InChI is InChI=1S/C20H22BrN3O3/c1-12-6-13(2)8-15(7-12)20(27)23-10-18(25)22-11-19(26)24-16-4-5-17(21)14(3)9-16/h4-9H,10-11H2,1-3H3,(H,22,25)(H,23,27)(H,24,26). The lowest BCUT2D eigenvalue weighted by Gasteiger charge is -2.09. The van der Waals surface area contributed by atoms with E-state index in [1.165, 1.54) is 0 Å². The summed E-state index contributed by atoms with van der Waals surface area (Å²) in [4.78, 5) is 35.9. The Bertz CT molecular complexity index is 861. The molecular formula is C20H22BrN3O3. The smallest absolute Gasteiger partial charge is 0.251 e. The minimum atomic E-state index is -0.435. The van der Waals surface area contributed by atoms with Crippen molar-refractivity contribution in [2.75, 3.05) is 18.4 Å². The number of hydrogen-bond acceptors (Lipinski definition) is 3. The minimum absolute atomic E-state index is 0.173. The van der Waals surface area contributed by atoms with Crippen molar-refractivity contribution in [3.05, 3.63) is 63.1 Å². The fraction of sp³-hybridized carbons (Fsp3) is 0.250. The number of carbonyl (C=O) groups excluding carboxylic acids is 3. The third kappa shape index (κ3) is 6.53. The highest BCUT2D eigenvalue weighted by Gasteiger charge is 2.10. The quantitative estimate of drug-likeness (QED) is 0.656. The molecule has 0 aromatic heterocycles. The van der Waals surface area contributed by atoms with E-state index < -0.39 is 5.91 Å². The van der Waals surface area contributed by atoms with Gasteiger partial charge in [0.1, 0.15) is 0 Å². The summed E-state index contributed by atoms with van der Waals surface area (Å²) in [7, 11) is 0. The molecule has 0 fully saturated rings. The van der Waals surface area contributed by atoms with Gasteiger partial charge in [0, 0.05) is 15.7 Å². The van der Waals surface area contributed by atoms with E-state index in [-0.39, 0.29) is 24.9 Å². The predicted octanol–water partition coefficient (Wildman–Crippen LogP) is 2.86. The van der Waals surface area contributed by atoms with Crippen LogP contribution in [0.25, 0.3) is 0 Å². The maximum atomic E-state index is 12.1. The molecule has 0 atom stereocenters. The molecule has 0 saturated carbocycles. The highest BCUT2D eigenvalue weighted by atomic mass is 79.9. The van der Waals surface area contributed by atoms with Gasteiger partial charge in [0.05, 0.1) is 13.1 Å². The van der Waals surface area contributed by atoms with Crippen LogP contribution in [0.2, 0.25) is 0 Å². The summed E-state index contributed by atoms with van der Waals surface area (Å²) < 4.78 is 0.952. The van der Waals surface area contributed by atoms with E-state index in [2.05, 4.69) is 31.9 Å². The van der Waals surface area contributed by atoms with E-state index in [9.17, 15) is 14.4 Å². The van der Waals surface area contributed by atoms with Crippen molar-refractivity contribution in [1.29, 1.82) is 0 Å². The van der Waals surface area contributed by atoms with Crippen LogP contribution in [0.15, 0.2) is 40.9 Å². The third-order valence-electron chi connectivity index (χ3n) is 3.78. The molecule has 3 N–H and O–H groups in total. The molecule has 0 bridgehead atoms. The Hall–Kier alpha value is -2.67. The number of rotatable bonds is 6. The van der Waals surface area contributed by atoms with E-state index in [0.29, 0.717) is 11.3 Å². The zero-order valence-corrected chi connectivity index (χ0v) is 17.1. The number of nitrogens with one attached hydrogen (secondary N) is 3. The second kappa shape index (κ2) is 9.32. The van der Waals surface area contributed by atoms with E-state index in [4.69, 9.17) is 0 Å². The summed E-state index contributed by atoms with van der Waals surface area (Å²) in [6, 6.07) is 10.9. The van der Waals surface area contributed by atoms with Crippen LogP contribution < -0.4 is 16.0 Å². The molecule has 0 spiro atoms. The van der Waals surface area contributed by atoms with E-state index in [1.807, 2.05) is 39.0 Å². The van der Waals surface area contributed by atoms with Crippen molar-refractivity contribution in [2.24, 2.45) is 0 Å². The van der Waals surface area contributed by atoms with Crippen molar-refractivity contribution in [3.8, 4) is 0 Å². The number of amides is 3. The monoisotopic (exact) mass is 431 g/mol. The average molecular weight is 432 g/mol. The molecule has 3 amide bonds. The predicted molar refractivity (Wildman–Crippen MR) is 109 cm³/mol. The Labute approximate surface area is 166 Å². The molecule has 2 rings (SSSR count). The van der Waals surface area contributed by atoms with Crippen LogP contribution >= 0.6 is 15.9 Å². The molecule has 2 aromatic rings.